The van der Waals surface area contributed by atoms with Gasteiger partial charge in [0.1, 0.15) is 5.69 Å². The highest BCUT2D eigenvalue weighted by atomic mass is 35.5. The Morgan fingerprint density at radius 2 is 2.00 bits per heavy atom. The number of pyridine rings is 1. The Hall–Kier alpha value is -3.13. The van der Waals surface area contributed by atoms with Gasteiger partial charge in [0.2, 0.25) is 0 Å². The second-order valence-corrected chi connectivity index (χ2v) is 7.32. The Kier molecular flexibility index (Phi) is 5.85. The van der Waals surface area contributed by atoms with Crippen molar-refractivity contribution in [3.63, 3.8) is 0 Å². The first-order chi connectivity index (χ1) is 14.6. The topological polar surface area (TPSA) is 98.5 Å². The van der Waals surface area contributed by atoms with Crippen LogP contribution in [0.1, 0.15) is 0 Å². The van der Waals surface area contributed by atoms with Gasteiger partial charge in [0.25, 0.3) is 0 Å². The summed E-state index contributed by atoms with van der Waals surface area (Å²) in [6.45, 7) is -0.210. The van der Waals surface area contributed by atoms with E-state index >= 15 is 0 Å². The molecule has 2 aromatic rings. The van der Waals surface area contributed by atoms with Crippen molar-refractivity contribution in [1.82, 2.24) is 14.8 Å². The molecule has 1 unspecified atom stereocenters. The molecule has 0 spiro atoms. The van der Waals surface area contributed by atoms with E-state index in [1.165, 1.54) is 0 Å². The van der Waals surface area contributed by atoms with Crippen molar-refractivity contribution >= 4 is 23.1 Å². The van der Waals surface area contributed by atoms with Crippen LogP contribution in [0.5, 0.6) is 0 Å². The van der Waals surface area contributed by atoms with Crippen LogP contribution in [0.3, 0.4) is 0 Å². The molecule has 0 fully saturated rings. The lowest BCUT2D eigenvalue weighted by atomic mass is 10.1. The van der Waals surface area contributed by atoms with E-state index in [9.17, 15) is 5.11 Å². The lowest BCUT2D eigenvalue weighted by Gasteiger charge is -2.11. The molecular formula is C22H22ClN5O2. The van der Waals surface area contributed by atoms with Crippen molar-refractivity contribution in [3.05, 3.63) is 71.2 Å². The number of aliphatic hydroxyl groups excluding tert-OH is 2. The molecule has 0 amide bonds. The van der Waals surface area contributed by atoms with Crippen LogP contribution in [0.4, 0.5) is 11.5 Å². The third kappa shape index (κ3) is 4.09. The van der Waals surface area contributed by atoms with Gasteiger partial charge in [0.15, 0.2) is 5.82 Å². The summed E-state index contributed by atoms with van der Waals surface area (Å²) in [6, 6.07) is 17.7. The van der Waals surface area contributed by atoms with Crippen molar-refractivity contribution in [3.8, 4) is 22.5 Å². The predicted molar refractivity (Wildman–Crippen MR) is 118 cm³/mol. The summed E-state index contributed by atoms with van der Waals surface area (Å²) < 4.78 is 1.83. The van der Waals surface area contributed by atoms with Crippen molar-refractivity contribution in [2.24, 2.45) is 12.0 Å². The first kappa shape index (κ1) is 20.2. The molecule has 8 heteroatoms. The molecule has 0 aromatic heterocycles. The van der Waals surface area contributed by atoms with Gasteiger partial charge in [0.05, 0.1) is 47.2 Å². The zero-order valence-electron chi connectivity index (χ0n) is 16.4. The van der Waals surface area contributed by atoms with Crippen molar-refractivity contribution in [2.75, 3.05) is 18.5 Å². The number of halogens is 1. The largest absolute Gasteiger partial charge is 0.394 e. The van der Waals surface area contributed by atoms with Crippen LogP contribution in [-0.2, 0) is 7.05 Å². The van der Waals surface area contributed by atoms with Gasteiger partial charge in [-0.15, -0.1) is 0 Å². The van der Waals surface area contributed by atoms with Crippen LogP contribution in [0, 0.1) is 0 Å². The van der Waals surface area contributed by atoms with Crippen LogP contribution in [0.25, 0.3) is 22.5 Å². The number of hydrogen-bond donors (Lipinski definition) is 4. The molecule has 0 saturated carbocycles. The molecule has 4 N–H and O–H groups in total. The number of benzene rings is 2. The number of fused-ring (bicyclic) bond motifs is 1. The summed E-state index contributed by atoms with van der Waals surface area (Å²) in [4.78, 5) is 8.80. The van der Waals surface area contributed by atoms with Gasteiger partial charge in [-0.2, -0.15) is 0 Å². The molecule has 1 atom stereocenters. The number of hydrogen-bond acceptors (Lipinski definition) is 5. The van der Waals surface area contributed by atoms with E-state index < -0.39 is 6.10 Å². The van der Waals surface area contributed by atoms with Gasteiger partial charge < -0.3 is 15.5 Å². The van der Waals surface area contributed by atoms with Gasteiger partial charge in [-0.3, -0.25) is 14.8 Å². The molecule has 30 heavy (non-hydrogen) atoms. The van der Waals surface area contributed by atoms with E-state index in [4.69, 9.17) is 16.7 Å². The number of nitrogens with zero attached hydrogens (tertiary/aromatic N) is 3. The predicted octanol–water partition coefficient (Wildman–Crippen LogP) is 3.17. The molecule has 0 aliphatic carbocycles. The Bertz CT molecular complexity index is 1190. The highest BCUT2D eigenvalue weighted by molar-refractivity contribution is 6.36. The number of aromatic amines is 1. The number of nitrogens with one attached hydrogen (secondary N) is 2. The monoisotopic (exact) mass is 423 g/mol. The van der Waals surface area contributed by atoms with Gasteiger partial charge in [-0.05, 0) is 17.7 Å². The average Bonchev–Trinajstić information content (AvgIpc) is 3.08. The van der Waals surface area contributed by atoms with E-state index in [-0.39, 0.29) is 13.2 Å². The van der Waals surface area contributed by atoms with Gasteiger partial charge in [-0.25, -0.2) is 4.98 Å². The number of anilines is 2. The van der Waals surface area contributed by atoms with Crippen LogP contribution in [-0.4, -0.2) is 44.2 Å². The summed E-state index contributed by atoms with van der Waals surface area (Å²) in [7, 11) is 1.88. The molecular weight excluding hydrogens is 402 g/mol. The highest BCUT2D eigenvalue weighted by Crippen LogP contribution is 2.36. The zero-order valence-corrected chi connectivity index (χ0v) is 17.1. The molecule has 7 nitrogen and oxygen atoms in total. The molecule has 0 bridgehead atoms. The fourth-order valence-electron chi connectivity index (χ4n) is 3.22. The maximum absolute atomic E-state index is 9.49. The summed E-state index contributed by atoms with van der Waals surface area (Å²) in [6.07, 6.45) is 0.755. The average molecular weight is 424 g/mol. The summed E-state index contributed by atoms with van der Waals surface area (Å²) in [5.74, 6) is 0.710. The minimum Gasteiger partial charge on any atom is -0.394 e. The molecule has 2 aromatic carbocycles. The van der Waals surface area contributed by atoms with E-state index in [0.29, 0.717) is 16.2 Å². The Morgan fingerprint density at radius 1 is 1.20 bits per heavy atom. The maximum atomic E-state index is 9.49. The van der Waals surface area contributed by atoms with Crippen molar-refractivity contribution in [1.29, 1.82) is 0 Å². The minimum atomic E-state index is -0.878. The molecule has 2 aliphatic heterocycles. The van der Waals surface area contributed by atoms with E-state index in [1.54, 1.807) is 6.20 Å². The van der Waals surface area contributed by atoms with Crippen LogP contribution in [0.15, 0.2) is 65.8 Å². The van der Waals surface area contributed by atoms with Crippen LogP contribution >= 0.6 is 11.6 Å². The minimum absolute atomic E-state index is 0.116. The molecule has 154 valence electrons. The van der Waals surface area contributed by atoms with Crippen molar-refractivity contribution < 1.29 is 10.2 Å². The molecule has 0 saturated heterocycles. The Morgan fingerprint density at radius 3 is 2.77 bits per heavy atom. The molecule has 2 heterocycles. The van der Waals surface area contributed by atoms with E-state index in [2.05, 4.69) is 20.4 Å². The summed E-state index contributed by atoms with van der Waals surface area (Å²) >= 11 is 6.70. The van der Waals surface area contributed by atoms with E-state index in [0.717, 1.165) is 28.2 Å². The normalized spacial score (nSPS) is 13.0. The lowest BCUT2D eigenvalue weighted by Crippen LogP contribution is -2.18. The smallest absolute Gasteiger partial charge is 0.151 e. The maximum Gasteiger partial charge on any atom is 0.151 e. The quantitative estimate of drug-likeness (QED) is 0.383. The highest BCUT2D eigenvalue weighted by Gasteiger charge is 2.17. The number of aliphatic hydroxyl groups is 2. The van der Waals surface area contributed by atoms with Gasteiger partial charge in [-0.1, -0.05) is 54.1 Å². The fourth-order valence-corrected chi connectivity index (χ4v) is 3.50. The Labute approximate surface area is 178 Å². The first-order valence-corrected chi connectivity index (χ1v) is 9.89. The number of H-pyrrole nitrogens is 1. The first-order valence-electron chi connectivity index (χ1n) is 9.52. The fraction of sp³-hybridized carbons (Fsp3) is 0.182. The standard InChI is InChI=1S/C22H22ClN5O2/c1-28-19-10-15(24-12-16(30)13-29)11-25-21(19)22(27-28)26-18-9-5-8-17(20(18)23)14-6-3-2-4-7-14/h2-11,16,26-27,29-30H,12-13H2,1H3. The van der Waals surface area contributed by atoms with Crippen LogP contribution < -0.4 is 10.7 Å². The second kappa shape index (κ2) is 8.71. The Balaban J connectivity index is 1.67. The third-order valence-electron chi connectivity index (χ3n) is 4.77. The van der Waals surface area contributed by atoms with E-state index in [1.807, 2.05) is 66.3 Å². The third-order valence-corrected chi connectivity index (χ3v) is 5.18. The summed E-state index contributed by atoms with van der Waals surface area (Å²) in [5, 5.41) is 26.3. The van der Waals surface area contributed by atoms with Crippen LogP contribution in [0.2, 0.25) is 5.02 Å². The molecule has 4 rings (SSSR count). The molecule has 0 radical (unpaired) electrons. The lowest BCUT2D eigenvalue weighted by molar-refractivity contribution is 0.101. The molecule has 2 aliphatic rings. The summed E-state index contributed by atoms with van der Waals surface area (Å²) in [5.41, 5.74) is 4.33. The number of rotatable bonds is 6. The number of aryl methyl sites for hydroxylation is 1. The SMILES string of the molecule is Cn1[nH]c(Nc2cccc(-c3ccccc3)c2Cl)c2ncc(=NCC(O)CO)cc1-2. The van der Waals surface area contributed by atoms with Gasteiger partial charge in [0, 0.05) is 12.6 Å². The number of aromatic nitrogens is 3. The second-order valence-electron chi connectivity index (χ2n) is 6.94. The van der Waals surface area contributed by atoms with Crippen molar-refractivity contribution in [2.45, 2.75) is 6.10 Å². The zero-order chi connectivity index (χ0) is 21.1. The van der Waals surface area contributed by atoms with Gasteiger partial charge >= 0.3 is 0 Å².